The third kappa shape index (κ3) is 3.96. The van der Waals surface area contributed by atoms with Gasteiger partial charge in [-0.05, 0) is 50.7 Å². The van der Waals surface area contributed by atoms with Crippen molar-refractivity contribution >= 4 is 11.7 Å². The molecule has 0 bridgehead atoms. The first kappa shape index (κ1) is 16.1. The number of carbonyl (C=O) groups is 1. The van der Waals surface area contributed by atoms with Crippen molar-refractivity contribution in [1.29, 1.82) is 0 Å². The molecule has 1 atom stereocenters. The minimum atomic E-state index is -0.189. The van der Waals surface area contributed by atoms with E-state index in [0.717, 1.165) is 38.6 Å². The van der Waals surface area contributed by atoms with Crippen molar-refractivity contribution in [3.05, 3.63) is 29.8 Å². The van der Waals surface area contributed by atoms with Gasteiger partial charge in [0.2, 0.25) is 0 Å². The number of carbonyl (C=O) groups excluding carboxylic acids is 1. The van der Waals surface area contributed by atoms with Gasteiger partial charge >= 0.3 is 6.03 Å². The van der Waals surface area contributed by atoms with Crippen molar-refractivity contribution in [2.75, 3.05) is 18.0 Å². The van der Waals surface area contributed by atoms with E-state index >= 15 is 0 Å². The summed E-state index contributed by atoms with van der Waals surface area (Å²) in [6, 6.07) is 8.87. The third-order valence-corrected chi connectivity index (χ3v) is 5.05. The summed E-state index contributed by atoms with van der Waals surface area (Å²) in [6.07, 6.45) is 4.19. The zero-order valence-electron chi connectivity index (χ0n) is 13.8. The van der Waals surface area contributed by atoms with Crippen LogP contribution in [0.4, 0.5) is 10.5 Å². The fourth-order valence-electron chi connectivity index (χ4n) is 3.63. The Hall–Kier alpha value is -1.75. The maximum Gasteiger partial charge on any atom is 0.315 e. The number of hydrogen-bond acceptors (Lipinski definition) is 3. The van der Waals surface area contributed by atoms with Gasteiger partial charge in [-0.1, -0.05) is 18.2 Å². The van der Waals surface area contributed by atoms with E-state index in [0.29, 0.717) is 6.54 Å². The van der Waals surface area contributed by atoms with Crippen LogP contribution in [0.5, 0.6) is 0 Å². The van der Waals surface area contributed by atoms with E-state index in [2.05, 4.69) is 46.7 Å². The van der Waals surface area contributed by atoms with E-state index in [-0.39, 0.29) is 24.2 Å². The van der Waals surface area contributed by atoms with Crippen LogP contribution in [0.3, 0.4) is 0 Å². The molecule has 1 aromatic carbocycles. The summed E-state index contributed by atoms with van der Waals surface area (Å²) >= 11 is 0. The third-order valence-electron chi connectivity index (χ3n) is 5.05. The van der Waals surface area contributed by atoms with E-state index in [1.807, 2.05) is 0 Å². The zero-order chi connectivity index (χ0) is 16.2. The quantitative estimate of drug-likeness (QED) is 0.796. The monoisotopic (exact) mass is 317 g/mol. The molecule has 2 aliphatic rings. The first-order valence-corrected chi connectivity index (χ1v) is 8.70. The number of amides is 2. The van der Waals surface area contributed by atoms with Gasteiger partial charge in [-0.25, -0.2) is 4.79 Å². The van der Waals surface area contributed by atoms with Crippen molar-refractivity contribution < 1.29 is 9.90 Å². The largest absolute Gasteiger partial charge is 0.393 e. The van der Waals surface area contributed by atoms with Gasteiger partial charge in [0.1, 0.15) is 0 Å². The predicted molar refractivity (Wildman–Crippen MR) is 91.8 cm³/mol. The second kappa shape index (κ2) is 7.21. The molecule has 1 unspecified atom stereocenters. The van der Waals surface area contributed by atoms with E-state index < -0.39 is 0 Å². The number of rotatable bonds is 4. The Balaban J connectivity index is 1.44. The number of urea groups is 1. The Morgan fingerprint density at radius 1 is 1.30 bits per heavy atom. The lowest BCUT2D eigenvalue weighted by atomic mass is 9.93. The summed E-state index contributed by atoms with van der Waals surface area (Å²) < 4.78 is 0. The average molecular weight is 317 g/mol. The Morgan fingerprint density at radius 3 is 2.83 bits per heavy atom. The van der Waals surface area contributed by atoms with E-state index in [4.69, 9.17) is 0 Å². The van der Waals surface area contributed by atoms with Crippen molar-refractivity contribution in [1.82, 2.24) is 10.6 Å². The second-order valence-corrected chi connectivity index (χ2v) is 6.78. The molecule has 126 valence electrons. The molecule has 1 aromatic rings. The number of nitrogens with one attached hydrogen (secondary N) is 2. The Bertz CT molecular complexity index is 541. The highest BCUT2D eigenvalue weighted by molar-refractivity contribution is 5.74. The summed E-state index contributed by atoms with van der Waals surface area (Å²) in [4.78, 5) is 14.4. The van der Waals surface area contributed by atoms with Gasteiger partial charge in [-0.2, -0.15) is 0 Å². The summed E-state index contributed by atoms with van der Waals surface area (Å²) in [6.45, 7) is 3.80. The predicted octanol–water partition coefficient (Wildman–Crippen LogP) is 2.04. The van der Waals surface area contributed by atoms with Gasteiger partial charge in [0.25, 0.3) is 0 Å². The van der Waals surface area contributed by atoms with Gasteiger partial charge in [0.05, 0.1) is 6.10 Å². The molecule has 0 saturated heterocycles. The molecule has 2 amide bonds. The summed E-state index contributed by atoms with van der Waals surface area (Å²) in [5.41, 5.74) is 2.69. The highest BCUT2D eigenvalue weighted by atomic mass is 16.3. The van der Waals surface area contributed by atoms with Crippen LogP contribution in [-0.4, -0.2) is 42.4 Å². The summed E-state index contributed by atoms with van der Waals surface area (Å²) in [7, 11) is 0. The van der Waals surface area contributed by atoms with Crippen LogP contribution in [0.15, 0.2) is 24.3 Å². The molecule has 1 saturated carbocycles. The van der Waals surface area contributed by atoms with Gasteiger partial charge in [0.15, 0.2) is 0 Å². The lowest BCUT2D eigenvalue weighted by Gasteiger charge is -2.29. The highest BCUT2D eigenvalue weighted by Crippen LogP contribution is 2.28. The number of nitrogens with zero attached hydrogens (tertiary/aromatic N) is 1. The Kier molecular flexibility index (Phi) is 5.06. The lowest BCUT2D eigenvalue weighted by molar-refractivity contribution is 0.117. The molecule has 5 heteroatoms. The van der Waals surface area contributed by atoms with Crippen LogP contribution in [0, 0.1) is 0 Å². The zero-order valence-corrected chi connectivity index (χ0v) is 13.8. The number of benzene rings is 1. The van der Waals surface area contributed by atoms with Crippen LogP contribution in [0.1, 0.15) is 38.2 Å². The van der Waals surface area contributed by atoms with Crippen molar-refractivity contribution in [3.63, 3.8) is 0 Å². The normalized spacial score (nSPS) is 24.9. The molecule has 0 radical (unpaired) electrons. The maximum atomic E-state index is 12.1. The minimum absolute atomic E-state index is 0.0919. The fourth-order valence-corrected chi connectivity index (χ4v) is 3.63. The summed E-state index contributed by atoms with van der Waals surface area (Å²) in [5, 5.41) is 15.5. The molecule has 1 aliphatic heterocycles. The van der Waals surface area contributed by atoms with E-state index in [1.165, 1.54) is 11.3 Å². The minimum Gasteiger partial charge on any atom is -0.393 e. The van der Waals surface area contributed by atoms with Gasteiger partial charge in [-0.15, -0.1) is 0 Å². The molecule has 0 spiro atoms. The number of hydrogen-bond donors (Lipinski definition) is 3. The standard InChI is InChI=1S/C18H27N3O2/c1-13(21-11-10-14-4-2-3-5-17(14)21)12-19-18(23)20-15-6-8-16(22)9-7-15/h2-5,13,15-16,22H,6-12H2,1H3,(H2,19,20,23). The molecule has 1 heterocycles. The fraction of sp³-hybridized carbons (Fsp3) is 0.611. The van der Waals surface area contributed by atoms with E-state index in [1.54, 1.807) is 0 Å². The summed E-state index contributed by atoms with van der Waals surface area (Å²) in [5.74, 6) is 0. The number of anilines is 1. The smallest absolute Gasteiger partial charge is 0.315 e. The molecule has 1 aliphatic carbocycles. The van der Waals surface area contributed by atoms with Crippen molar-refractivity contribution in [3.8, 4) is 0 Å². The Labute approximate surface area is 138 Å². The molecule has 3 N–H and O–H groups in total. The molecule has 3 rings (SSSR count). The van der Waals surface area contributed by atoms with Crippen LogP contribution >= 0.6 is 0 Å². The molecule has 23 heavy (non-hydrogen) atoms. The molecule has 0 aromatic heterocycles. The lowest BCUT2D eigenvalue weighted by Crippen LogP contribution is -2.48. The first-order chi connectivity index (χ1) is 11.1. The molecular weight excluding hydrogens is 290 g/mol. The van der Waals surface area contributed by atoms with Crippen LogP contribution in [-0.2, 0) is 6.42 Å². The number of aliphatic hydroxyl groups is 1. The molecule has 1 fully saturated rings. The molecular formula is C18H27N3O2. The topological polar surface area (TPSA) is 64.6 Å². The van der Waals surface area contributed by atoms with Crippen molar-refractivity contribution in [2.45, 2.75) is 57.2 Å². The van der Waals surface area contributed by atoms with Crippen LogP contribution in [0.2, 0.25) is 0 Å². The first-order valence-electron chi connectivity index (χ1n) is 8.70. The van der Waals surface area contributed by atoms with Gasteiger partial charge in [-0.3, -0.25) is 0 Å². The van der Waals surface area contributed by atoms with E-state index in [9.17, 15) is 9.90 Å². The van der Waals surface area contributed by atoms with Crippen molar-refractivity contribution in [2.24, 2.45) is 0 Å². The average Bonchev–Trinajstić information content (AvgIpc) is 2.99. The maximum absolute atomic E-state index is 12.1. The van der Waals surface area contributed by atoms with Crippen LogP contribution < -0.4 is 15.5 Å². The van der Waals surface area contributed by atoms with Gasteiger partial charge in [0, 0.05) is 30.9 Å². The molecule has 5 nitrogen and oxygen atoms in total. The number of aliphatic hydroxyl groups excluding tert-OH is 1. The SMILES string of the molecule is CC(CNC(=O)NC1CCC(O)CC1)N1CCc2ccccc21. The van der Waals surface area contributed by atoms with Crippen LogP contribution in [0.25, 0.3) is 0 Å². The van der Waals surface area contributed by atoms with Gasteiger partial charge < -0.3 is 20.6 Å². The number of fused-ring (bicyclic) bond motifs is 1. The number of para-hydroxylation sites is 1. The second-order valence-electron chi connectivity index (χ2n) is 6.78. The highest BCUT2D eigenvalue weighted by Gasteiger charge is 2.24. The Morgan fingerprint density at radius 2 is 2.04 bits per heavy atom.